The van der Waals surface area contributed by atoms with Gasteiger partial charge in [0.15, 0.2) is 0 Å². The molecule has 0 aliphatic carbocycles. The molecule has 1 aromatic heterocycles. The number of aryl methyl sites for hydroxylation is 1. The summed E-state index contributed by atoms with van der Waals surface area (Å²) < 4.78 is 0. The van der Waals surface area contributed by atoms with Crippen molar-refractivity contribution >= 4 is 11.6 Å². The van der Waals surface area contributed by atoms with Crippen LogP contribution in [0.3, 0.4) is 0 Å². The first kappa shape index (κ1) is 11.1. The molecule has 0 bridgehead atoms. The molecule has 0 aliphatic rings. The summed E-state index contributed by atoms with van der Waals surface area (Å²) in [6.07, 6.45) is 3.21. The molecule has 1 amide bonds. The minimum atomic E-state index is -0.221. The lowest BCUT2D eigenvalue weighted by Crippen LogP contribution is -2.11. The van der Waals surface area contributed by atoms with E-state index >= 15 is 0 Å². The highest BCUT2D eigenvalue weighted by Gasteiger charge is 2.07. The average molecular weight is 228 g/mol. The fourth-order valence-corrected chi connectivity index (χ4v) is 1.44. The molecule has 0 atom stereocenters. The third-order valence-corrected chi connectivity index (χ3v) is 2.38. The number of aromatic hydroxyl groups is 1. The number of nitrogens with zero attached hydrogens (tertiary/aromatic N) is 1. The number of carbonyl (C=O) groups excluding carboxylic acids is 1. The highest BCUT2D eigenvalue weighted by molar-refractivity contribution is 6.04. The summed E-state index contributed by atoms with van der Waals surface area (Å²) in [5.74, 6) is -0.0379. The molecule has 1 aromatic carbocycles. The molecule has 17 heavy (non-hydrogen) atoms. The smallest absolute Gasteiger partial charge is 0.255 e. The zero-order valence-electron chi connectivity index (χ0n) is 9.34. The lowest BCUT2D eigenvalue weighted by atomic mass is 10.1. The molecule has 0 spiro atoms. The molecule has 2 rings (SSSR count). The molecule has 0 aliphatic heterocycles. The Bertz CT molecular complexity index is 538. The number of benzene rings is 1. The van der Waals surface area contributed by atoms with Gasteiger partial charge in [0, 0.05) is 11.8 Å². The van der Waals surface area contributed by atoms with Crippen molar-refractivity contribution in [3.05, 3.63) is 53.9 Å². The SMILES string of the molecule is Cc1cc(C(=O)Nc2cccnc2)ccc1O. The topological polar surface area (TPSA) is 62.2 Å². The van der Waals surface area contributed by atoms with E-state index in [1.165, 1.54) is 6.07 Å². The third kappa shape index (κ3) is 2.60. The first-order chi connectivity index (χ1) is 8.16. The Morgan fingerprint density at radius 3 is 2.82 bits per heavy atom. The fraction of sp³-hybridized carbons (Fsp3) is 0.0769. The van der Waals surface area contributed by atoms with Crippen molar-refractivity contribution in [2.75, 3.05) is 5.32 Å². The van der Waals surface area contributed by atoms with Gasteiger partial charge in [-0.05, 0) is 42.8 Å². The predicted octanol–water partition coefficient (Wildman–Crippen LogP) is 2.35. The summed E-state index contributed by atoms with van der Waals surface area (Å²) in [5.41, 5.74) is 1.82. The molecule has 0 unspecified atom stereocenters. The molecule has 0 radical (unpaired) electrons. The Labute approximate surface area is 98.9 Å². The maximum Gasteiger partial charge on any atom is 0.255 e. The monoisotopic (exact) mass is 228 g/mol. The number of phenols is 1. The van der Waals surface area contributed by atoms with E-state index in [9.17, 15) is 9.90 Å². The Hall–Kier alpha value is -2.36. The van der Waals surface area contributed by atoms with Gasteiger partial charge in [-0.3, -0.25) is 9.78 Å². The average Bonchev–Trinajstić information content (AvgIpc) is 2.34. The van der Waals surface area contributed by atoms with E-state index in [4.69, 9.17) is 0 Å². The quantitative estimate of drug-likeness (QED) is 0.829. The maximum atomic E-state index is 11.9. The second-order valence-electron chi connectivity index (χ2n) is 3.70. The lowest BCUT2D eigenvalue weighted by molar-refractivity contribution is 0.102. The second kappa shape index (κ2) is 4.65. The van der Waals surface area contributed by atoms with Crippen molar-refractivity contribution in [2.45, 2.75) is 6.92 Å². The number of pyridine rings is 1. The van der Waals surface area contributed by atoms with E-state index in [2.05, 4.69) is 10.3 Å². The third-order valence-electron chi connectivity index (χ3n) is 2.38. The maximum absolute atomic E-state index is 11.9. The van der Waals surface area contributed by atoms with Crippen molar-refractivity contribution in [1.82, 2.24) is 4.98 Å². The number of carbonyl (C=O) groups is 1. The van der Waals surface area contributed by atoms with Crippen LogP contribution in [-0.4, -0.2) is 16.0 Å². The molecule has 4 nitrogen and oxygen atoms in total. The molecule has 1 heterocycles. The van der Waals surface area contributed by atoms with E-state index in [1.807, 2.05) is 0 Å². The van der Waals surface area contributed by atoms with Crippen LogP contribution in [0.1, 0.15) is 15.9 Å². The summed E-state index contributed by atoms with van der Waals surface area (Å²) in [4.78, 5) is 15.8. The summed E-state index contributed by atoms with van der Waals surface area (Å²) in [6.45, 7) is 1.75. The second-order valence-corrected chi connectivity index (χ2v) is 3.70. The van der Waals surface area contributed by atoms with Gasteiger partial charge < -0.3 is 10.4 Å². The van der Waals surface area contributed by atoms with Crippen LogP contribution >= 0.6 is 0 Å². The van der Waals surface area contributed by atoms with Crippen molar-refractivity contribution in [3.63, 3.8) is 0 Å². The Morgan fingerprint density at radius 2 is 2.18 bits per heavy atom. The fourth-order valence-electron chi connectivity index (χ4n) is 1.44. The Balaban J connectivity index is 2.18. The van der Waals surface area contributed by atoms with Gasteiger partial charge >= 0.3 is 0 Å². The van der Waals surface area contributed by atoms with Gasteiger partial charge in [0.25, 0.3) is 5.91 Å². The van der Waals surface area contributed by atoms with Gasteiger partial charge in [-0.2, -0.15) is 0 Å². The van der Waals surface area contributed by atoms with Gasteiger partial charge in [-0.1, -0.05) is 0 Å². The lowest BCUT2D eigenvalue weighted by Gasteiger charge is -2.06. The molecule has 0 fully saturated rings. The van der Waals surface area contributed by atoms with Gasteiger partial charge in [-0.25, -0.2) is 0 Å². The molecular formula is C13H12N2O2. The van der Waals surface area contributed by atoms with Gasteiger partial charge in [0.1, 0.15) is 5.75 Å². The van der Waals surface area contributed by atoms with Crippen LogP contribution in [-0.2, 0) is 0 Å². The van der Waals surface area contributed by atoms with Crippen molar-refractivity contribution in [2.24, 2.45) is 0 Å². The number of anilines is 1. The Morgan fingerprint density at radius 1 is 1.35 bits per heavy atom. The number of rotatable bonds is 2. The molecule has 86 valence electrons. The van der Waals surface area contributed by atoms with Crippen LogP contribution < -0.4 is 5.32 Å². The van der Waals surface area contributed by atoms with Crippen molar-refractivity contribution in [1.29, 1.82) is 0 Å². The van der Waals surface area contributed by atoms with Crippen molar-refractivity contribution < 1.29 is 9.90 Å². The number of phenolic OH excluding ortho intramolecular Hbond substituents is 1. The first-order valence-corrected chi connectivity index (χ1v) is 5.18. The minimum absolute atomic E-state index is 0.183. The zero-order valence-corrected chi connectivity index (χ0v) is 9.34. The molecule has 0 saturated heterocycles. The van der Waals surface area contributed by atoms with E-state index in [-0.39, 0.29) is 11.7 Å². The summed E-state index contributed by atoms with van der Waals surface area (Å²) in [6, 6.07) is 8.23. The minimum Gasteiger partial charge on any atom is -0.508 e. The summed E-state index contributed by atoms with van der Waals surface area (Å²) in [7, 11) is 0. The largest absolute Gasteiger partial charge is 0.508 e. The van der Waals surface area contributed by atoms with Crippen LogP contribution in [0.15, 0.2) is 42.7 Å². The van der Waals surface area contributed by atoms with E-state index < -0.39 is 0 Å². The number of hydrogen-bond donors (Lipinski definition) is 2. The van der Waals surface area contributed by atoms with Crippen LogP contribution in [0.25, 0.3) is 0 Å². The highest BCUT2D eigenvalue weighted by atomic mass is 16.3. The van der Waals surface area contributed by atoms with Crippen molar-refractivity contribution in [3.8, 4) is 5.75 Å². The zero-order chi connectivity index (χ0) is 12.3. The van der Waals surface area contributed by atoms with Crippen LogP contribution in [0.2, 0.25) is 0 Å². The summed E-state index contributed by atoms with van der Waals surface area (Å²) in [5, 5.41) is 12.1. The number of aromatic nitrogens is 1. The number of nitrogens with one attached hydrogen (secondary N) is 1. The molecule has 2 N–H and O–H groups in total. The predicted molar refractivity (Wildman–Crippen MR) is 65.0 cm³/mol. The van der Waals surface area contributed by atoms with Crippen LogP contribution in [0.5, 0.6) is 5.75 Å². The first-order valence-electron chi connectivity index (χ1n) is 5.18. The number of amides is 1. The molecule has 4 heteroatoms. The van der Waals surface area contributed by atoms with Gasteiger partial charge in [0.2, 0.25) is 0 Å². The van der Waals surface area contributed by atoms with E-state index in [0.29, 0.717) is 16.8 Å². The van der Waals surface area contributed by atoms with Crippen LogP contribution in [0, 0.1) is 6.92 Å². The standard InChI is InChI=1S/C13H12N2O2/c1-9-7-10(4-5-12(9)16)13(17)15-11-3-2-6-14-8-11/h2-8,16H,1H3,(H,15,17). The van der Waals surface area contributed by atoms with Gasteiger partial charge in [0.05, 0.1) is 11.9 Å². The normalized spacial score (nSPS) is 9.94. The Kier molecular flexibility index (Phi) is 3.05. The molecule has 2 aromatic rings. The molecule has 0 saturated carbocycles. The number of hydrogen-bond acceptors (Lipinski definition) is 3. The molecular weight excluding hydrogens is 216 g/mol. The van der Waals surface area contributed by atoms with E-state index in [0.717, 1.165) is 0 Å². The summed E-state index contributed by atoms with van der Waals surface area (Å²) >= 11 is 0. The van der Waals surface area contributed by atoms with E-state index in [1.54, 1.807) is 43.6 Å². The van der Waals surface area contributed by atoms with Crippen LogP contribution in [0.4, 0.5) is 5.69 Å². The highest BCUT2D eigenvalue weighted by Crippen LogP contribution is 2.17. The van der Waals surface area contributed by atoms with Gasteiger partial charge in [-0.15, -0.1) is 0 Å².